The lowest BCUT2D eigenvalue weighted by molar-refractivity contribution is -0.150. The van der Waals surface area contributed by atoms with Crippen LogP contribution in [0.5, 0.6) is 0 Å². The topological polar surface area (TPSA) is 40.5 Å². The van der Waals surface area contributed by atoms with Gasteiger partial charge in [-0.2, -0.15) is 0 Å². The van der Waals surface area contributed by atoms with Crippen LogP contribution in [-0.4, -0.2) is 35.6 Å². The maximum atomic E-state index is 11.2. The predicted molar refractivity (Wildman–Crippen MR) is 58.4 cm³/mol. The van der Waals surface area contributed by atoms with Gasteiger partial charge in [0.15, 0.2) is 0 Å². The molecule has 0 aromatic carbocycles. The summed E-state index contributed by atoms with van der Waals surface area (Å²) in [6.45, 7) is 10.6. The molecule has 14 heavy (non-hydrogen) atoms. The van der Waals surface area contributed by atoms with E-state index in [4.69, 9.17) is 0 Å². The summed E-state index contributed by atoms with van der Waals surface area (Å²) in [4.78, 5) is 13.4. The number of rotatable bonds is 7. The fourth-order valence-corrected chi connectivity index (χ4v) is 1.72. The molecule has 0 heterocycles. The lowest BCUT2D eigenvalue weighted by Gasteiger charge is -2.32. The average Bonchev–Trinajstić information content (AvgIpc) is 2.20. The van der Waals surface area contributed by atoms with E-state index >= 15 is 0 Å². The highest BCUT2D eigenvalue weighted by molar-refractivity contribution is 5.74. The first-order valence-electron chi connectivity index (χ1n) is 5.52. The van der Waals surface area contributed by atoms with E-state index < -0.39 is 11.4 Å². The molecule has 0 rings (SSSR count). The van der Waals surface area contributed by atoms with Gasteiger partial charge in [0.2, 0.25) is 0 Å². The molecule has 0 saturated heterocycles. The number of carbonyl (C=O) groups is 1. The van der Waals surface area contributed by atoms with E-state index in [0.717, 1.165) is 13.1 Å². The van der Waals surface area contributed by atoms with Gasteiger partial charge in [0.1, 0.15) is 0 Å². The molecule has 0 saturated carbocycles. The molecule has 0 aromatic rings. The first-order valence-corrected chi connectivity index (χ1v) is 5.52. The Hall–Kier alpha value is -0.570. The maximum absolute atomic E-state index is 11.2. The molecular formula is C11H23NO2. The molecule has 3 heteroatoms. The Labute approximate surface area is 87.1 Å². The smallest absolute Gasteiger partial charge is 0.310 e. The number of carboxylic acid groups (broad SMARTS) is 1. The molecule has 0 spiro atoms. The molecule has 0 unspecified atom stereocenters. The molecule has 0 bridgehead atoms. The fourth-order valence-electron chi connectivity index (χ4n) is 1.72. The molecule has 0 fully saturated rings. The monoisotopic (exact) mass is 201 g/mol. The predicted octanol–water partition coefficient (Wildman–Crippen LogP) is 2.22. The van der Waals surface area contributed by atoms with Crippen LogP contribution >= 0.6 is 0 Å². The molecular weight excluding hydrogens is 178 g/mol. The zero-order valence-corrected chi connectivity index (χ0v) is 9.84. The summed E-state index contributed by atoms with van der Waals surface area (Å²) in [5.74, 6) is -0.658. The Bertz CT molecular complexity index is 172. The number of carboxylic acids is 1. The molecule has 0 amide bonds. The third-order valence-corrected chi connectivity index (χ3v) is 3.23. The van der Waals surface area contributed by atoms with Crippen LogP contribution in [0.4, 0.5) is 0 Å². The van der Waals surface area contributed by atoms with Gasteiger partial charge < -0.3 is 10.0 Å². The van der Waals surface area contributed by atoms with Gasteiger partial charge in [-0.25, -0.2) is 0 Å². The molecule has 0 aliphatic carbocycles. The molecule has 0 atom stereocenters. The molecule has 1 N–H and O–H groups in total. The number of hydrogen-bond acceptors (Lipinski definition) is 2. The van der Waals surface area contributed by atoms with Gasteiger partial charge in [-0.15, -0.1) is 0 Å². The summed E-state index contributed by atoms with van der Waals surface area (Å²) < 4.78 is 0. The highest BCUT2D eigenvalue weighted by Gasteiger charge is 2.35. The zero-order chi connectivity index (χ0) is 11.2. The maximum Gasteiger partial charge on any atom is 0.310 e. The van der Waals surface area contributed by atoms with Crippen molar-refractivity contribution in [2.45, 2.75) is 40.5 Å². The molecule has 0 aromatic heterocycles. The van der Waals surface area contributed by atoms with Crippen LogP contribution in [0.25, 0.3) is 0 Å². The Balaban J connectivity index is 4.56. The van der Waals surface area contributed by atoms with Crippen LogP contribution in [0.15, 0.2) is 0 Å². The minimum Gasteiger partial charge on any atom is -0.481 e. The Morgan fingerprint density at radius 1 is 1.14 bits per heavy atom. The van der Waals surface area contributed by atoms with Crippen LogP contribution in [0.3, 0.4) is 0 Å². The van der Waals surface area contributed by atoms with Gasteiger partial charge in [0, 0.05) is 6.54 Å². The largest absolute Gasteiger partial charge is 0.481 e. The average molecular weight is 201 g/mol. The lowest BCUT2D eigenvalue weighted by Crippen LogP contribution is -2.42. The second-order valence-corrected chi connectivity index (χ2v) is 3.75. The van der Waals surface area contributed by atoms with Gasteiger partial charge in [0.25, 0.3) is 0 Å². The standard InChI is InChI=1S/C11H23NO2/c1-5-11(6-2,10(13)14)9-12(7-3)8-4/h5-9H2,1-4H3,(H,13,14). The highest BCUT2D eigenvalue weighted by atomic mass is 16.4. The van der Waals surface area contributed by atoms with Crippen molar-refractivity contribution in [2.75, 3.05) is 19.6 Å². The Morgan fingerprint density at radius 2 is 1.57 bits per heavy atom. The number of nitrogens with zero attached hydrogens (tertiary/aromatic N) is 1. The summed E-state index contributed by atoms with van der Waals surface area (Å²) >= 11 is 0. The van der Waals surface area contributed by atoms with Crippen LogP contribution < -0.4 is 0 Å². The minimum absolute atomic E-state index is 0.550. The highest BCUT2D eigenvalue weighted by Crippen LogP contribution is 2.27. The van der Waals surface area contributed by atoms with Crippen LogP contribution in [-0.2, 0) is 4.79 Å². The molecule has 0 aliphatic rings. The second-order valence-electron chi connectivity index (χ2n) is 3.75. The number of hydrogen-bond donors (Lipinski definition) is 1. The Kier molecular flexibility index (Phi) is 5.77. The first kappa shape index (κ1) is 13.4. The minimum atomic E-state index is -0.658. The van der Waals surface area contributed by atoms with Crippen molar-refractivity contribution in [2.24, 2.45) is 5.41 Å². The summed E-state index contributed by atoms with van der Waals surface area (Å²) in [5.41, 5.74) is -0.550. The van der Waals surface area contributed by atoms with E-state index in [1.54, 1.807) is 0 Å². The van der Waals surface area contributed by atoms with Gasteiger partial charge in [-0.3, -0.25) is 4.79 Å². The van der Waals surface area contributed by atoms with E-state index in [2.05, 4.69) is 18.7 Å². The summed E-state index contributed by atoms with van der Waals surface area (Å²) in [6, 6.07) is 0. The van der Waals surface area contributed by atoms with Crippen molar-refractivity contribution >= 4 is 5.97 Å². The van der Waals surface area contributed by atoms with E-state index in [1.165, 1.54) is 0 Å². The van der Waals surface area contributed by atoms with E-state index in [1.807, 2.05) is 13.8 Å². The fraction of sp³-hybridized carbons (Fsp3) is 0.909. The van der Waals surface area contributed by atoms with Crippen LogP contribution in [0, 0.1) is 5.41 Å². The van der Waals surface area contributed by atoms with Crippen molar-refractivity contribution in [1.29, 1.82) is 0 Å². The van der Waals surface area contributed by atoms with Crippen molar-refractivity contribution < 1.29 is 9.90 Å². The first-order chi connectivity index (χ1) is 6.56. The summed E-state index contributed by atoms with van der Waals surface area (Å²) in [6.07, 6.45) is 1.41. The van der Waals surface area contributed by atoms with Gasteiger partial charge in [0.05, 0.1) is 5.41 Å². The van der Waals surface area contributed by atoms with Crippen LogP contribution in [0.1, 0.15) is 40.5 Å². The van der Waals surface area contributed by atoms with E-state index in [-0.39, 0.29) is 0 Å². The summed E-state index contributed by atoms with van der Waals surface area (Å²) in [5, 5.41) is 9.24. The van der Waals surface area contributed by atoms with Crippen LogP contribution in [0.2, 0.25) is 0 Å². The number of aliphatic carboxylic acids is 1. The Morgan fingerprint density at radius 3 is 1.79 bits per heavy atom. The third-order valence-electron chi connectivity index (χ3n) is 3.23. The van der Waals surface area contributed by atoms with E-state index in [9.17, 15) is 9.90 Å². The normalized spacial score (nSPS) is 12.1. The van der Waals surface area contributed by atoms with Crippen molar-refractivity contribution in [3.05, 3.63) is 0 Å². The molecule has 84 valence electrons. The SMILES string of the molecule is CCN(CC)CC(CC)(CC)C(=O)O. The third kappa shape index (κ3) is 2.98. The van der Waals surface area contributed by atoms with Gasteiger partial charge in [-0.05, 0) is 25.9 Å². The van der Waals surface area contributed by atoms with Crippen molar-refractivity contribution in [1.82, 2.24) is 4.90 Å². The molecule has 0 aliphatic heterocycles. The van der Waals surface area contributed by atoms with Crippen molar-refractivity contribution in [3.8, 4) is 0 Å². The second kappa shape index (κ2) is 6.02. The zero-order valence-electron chi connectivity index (χ0n) is 9.84. The summed E-state index contributed by atoms with van der Waals surface area (Å²) in [7, 11) is 0. The van der Waals surface area contributed by atoms with Gasteiger partial charge in [-0.1, -0.05) is 27.7 Å². The molecule has 0 radical (unpaired) electrons. The lowest BCUT2D eigenvalue weighted by atomic mass is 9.82. The molecule has 3 nitrogen and oxygen atoms in total. The quantitative estimate of drug-likeness (QED) is 0.686. The van der Waals surface area contributed by atoms with Gasteiger partial charge >= 0.3 is 5.97 Å². The van der Waals surface area contributed by atoms with Crippen molar-refractivity contribution in [3.63, 3.8) is 0 Å². The van der Waals surface area contributed by atoms with E-state index in [0.29, 0.717) is 19.4 Å².